The summed E-state index contributed by atoms with van der Waals surface area (Å²) in [6.07, 6.45) is 0. The summed E-state index contributed by atoms with van der Waals surface area (Å²) in [6, 6.07) is 9.12. The summed E-state index contributed by atoms with van der Waals surface area (Å²) in [5.41, 5.74) is 1.36. The van der Waals surface area contributed by atoms with Crippen molar-refractivity contribution in [3.05, 3.63) is 34.3 Å². The molecule has 1 N–H and O–H groups in total. The molecule has 0 spiro atoms. The molecule has 2 nitrogen and oxygen atoms in total. The van der Waals surface area contributed by atoms with E-state index in [0.717, 1.165) is 24.1 Å². The van der Waals surface area contributed by atoms with Crippen LogP contribution in [-0.4, -0.2) is 31.1 Å². The largest absolute Gasteiger partial charge is 0.317 e. The van der Waals surface area contributed by atoms with Crippen LogP contribution >= 0.6 is 15.9 Å². The first kappa shape index (κ1) is 15.7. The number of hydrogen-bond acceptors (Lipinski definition) is 2. The smallest absolute Gasteiger partial charge is 0.0234 e. The Labute approximate surface area is 120 Å². The van der Waals surface area contributed by atoms with E-state index in [1.54, 1.807) is 0 Å². The molecular formula is C15H25BrN2. The zero-order valence-electron chi connectivity index (χ0n) is 11.9. The molecule has 0 aliphatic heterocycles. The average molecular weight is 313 g/mol. The molecule has 1 aromatic rings. The van der Waals surface area contributed by atoms with Crippen LogP contribution in [0.4, 0.5) is 0 Å². The molecule has 0 saturated heterocycles. The highest BCUT2D eigenvalue weighted by Gasteiger charge is 2.16. The Bertz CT molecular complexity index is 354. The maximum absolute atomic E-state index is 3.52. The summed E-state index contributed by atoms with van der Waals surface area (Å²) in [5.74, 6) is 0.655. The number of benzene rings is 1. The molecule has 1 aromatic carbocycles. The number of rotatable bonds is 7. The van der Waals surface area contributed by atoms with Crippen LogP contribution in [0.1, 0.15) is 26.3 Å². The van der Waals surface area contributed by atoms with E-state index >= 15 is 0 Å². The van der Waals surface area contributed by atoms with Crippen LogP contribution in [0.3, 0.4) is 0 Å². The molecule has 0 fully saturated rings. The predicted molar refractivity (Wildman–Crippen MR) is 82.8 cm³/mol. The van der Waals surface area contributed by atoms with E-state index < -0.39 is 0 Å². The summed E-state index contributed by atoms with van der Waals surface area (Å²) in [4.78, 5) is 2.42. The maximum Gasteiger partial charge on any atom is 0.0234 e. The third-order valence-corrected chi connectivity index (χ3v) is 4.05. The van der Waals surface area contributed by atoms with Crippen molar-refractivity contribution in [3.8, 4) is 0 Å². The first-order chi connectivity index (χ1) is 8.54. The minimum atomic E-state index is 0.572. The first-order valence-corrected chi connectivity index (χ1v) is 7.49. The van der Waals surface area contributed by atoms with Crippen molar-refractivity contribution in [2.24, 2.45) is 5.92 Å². The molecule has 0 aromatic heterocycles. The number of nitrogens with zero attached hydrogens (tertiary/aromatic N) is 1. The predicted octanol–water partition coefficient (Wildman–Crippen LogP) is 3.52. The third kappa shape index (κ3) is 5.09. The molecule has 2 atom stereocenters. The molecular weight excluding hydrogens is 288 g/mol. The Morgan fingerprint density at radius 1 is 1.33 bits per heavy atom. The van der Waals surface area contributed by atoms with Gasteiger partial charge in [0.05, 0.1) is 0 Å². The van der Waals surface area contributed by atoms with E-state index in [1.165, 1.54) is 5.56 Å². The molecule has 0 amide bonds. The van der Waals surface area contributed by atoms with Gasteiger partial charge in [-0.1, -0.05) is 41.9 Å². The second kappa shape index (κ2) is 7.93. The van der Waals surface area contributed by atoms with Crippen LogP contribution in [-0.2, 0) is 6.54 Å². The van der Waals surface area contributed by atoms with E-state index in [0.29, 0.717) is 12.0 Å². The summed E-state index contributed by atoms with van der Waals surface area (Å²) in [5, 5.41) is 3.42. The van der Waals surface area contributed by atoms with Crippen LogP contribution in [0.2, 0.25) is 0 Å². The van der Waals surface area contributed by atoms with Gasteiger partial charge in [-0.15, -0.1) is 0 Å². The van der Waals surface area contributed by atoms with Crippen molar-refractivity contribution in [1.82, 2.24) is 10.2 Å². The van der Waals surface area contributed by atoms with E-state index in [2.05, 4.69) is 78.2 Å². The molecule has 2 unspecified atom stereocenters. The van der Waals surface area contributed by atoms with Gasteiger partial charge in [0.25, 0.3) is 0 Å². The SMILES string of the molecule is CCNCC(C)C(C)N(C)Cc1cccc(Br)c1. The van der Waals surface area contributed by atoms with Crippen LogP contribution in [0, 0.1) is 5.92 Å². The fourth-order valence-electron chi connectivity index (χ4n) is 2.04. The molecule has 0 aliphatic carbocycles. The van der Waals surface area contributed by atoms with Crippen molar-refractivity contribution in [2.75, 3.05) is 20.1 Å². The summed E-state index contributed by atoms with van der Waals surface area (Å²) in [6.45, 7) is 9.90. The van der Waals surface area contributed by atoms with Crippen molar-refractivity contribution in [2.45, 2.75) is 33.4 Å². The van der Waals surface area contributed by atoms with Crippen LogP contribution in [0.5, 0.6) is 0 Å². The highest BCUT2D eigenvalue weighted by molar-refractivity contribution is 9.10. The molecule has 0 heterocycles. The number of hydrogen-bond donors (Lipinski definition) is 1. The highest BCUT2D eigenvalue weighted by Crippen LogP contribution is 2.16. The van der Waals surface area contributed by atoms with Crippen molar-refractivity contribution in [1.29, 1.82) is 0 Å². The molecule has 18 heavy (non-hydrogen) atoms. The number of halogens is 1. The van der Waals surface area contributed by atoms with Crippen LogP contribution in [0.25, 0.3) is 0 Å². The van der Waals surface area contributed by atoms with Crippen molar-refractivity contribution >= 4 is 15.9 Å². The van der Waals surface area contributed by atoms with Gasteiger partial charge in [-0.2, -0.15) is 0 Å². The Morgan fingerprint density at radius 2 is 2.06 bits per heavy atom. The van der Waals surface area contributed by atoms with Gasteiger partial charge in [0.1, 0.15) is 0 Å². The van der Waals surface area contributed by atoms with Gasteiger partial charge >= 0.3 is 0 Å². The molecule has 0 saturated carbocycles. The van der Waals surface area contributed by atoms with E-state index in [9.17, 15) is 0 Å². The summed E-state index contributed by atoms with van der Waals surface area (Å²) >= 11 is 3.52. The van der Waals surface area contributed by atoms with E-state index in [-0.39, 0.29) is 0 Å². The Kier molecular flexibility index (Phi) is 6.90. The van der Waals surface area contributed by atoms with Gasteiger partial charge in [0.2, 0.25) is 0 Å². The molecule has 102 valence electrons. The Hall–Kier alpha value is -0.380. The minimum absolute atomic E-state index is 0.572. The highest BCUT2D eigenvalue weighted by atomic mass is 79.9. The maximum atomic E-state index is 3.52. The molecule has 0 aliphatic rings. The molecule has 3 heteroatoms. The lowest BCUT2D eigenvalue weighted by Crippen LogP contribution is -2.38. The first-order valence-electron chi connectivity index (χ1n) is 6.70. The third-order valence-electron chi connectivity index (χ3n) is 3.56. The lowest BCUT2D eigenvalue weighted by atomic mass is 10.0. The van der Waals surface area contributed by atoms with Crippen LogP contribution < -0.4 is 5.32 Å². The topological polar surface area (TPSA) is 15.3 Å². The quantitative estimate of drug-likeness (QED) is 0.828. The van der Waals surface area contributed by atoms with Crippen molar-refractivity contribution < 1.29 is 0 Å². The van der Waals surface area contributed by atoms with Gasteiger partial charge < -0.3 is 5.32 Å². The Morgan fingerprint density at radius 3 is 2.67 bits per heavy atom. The van der Waals surface area contributed by atoms with Gasteiger partial charge in [0.15, 0.2) is 0 Å². The second-order valence-electron chi connectivity index (χ2n) is 5.07. The van der Waals surface area contributed by atoms with Gasteiger partial charge in [0, 0.05) is 17.1 Å². The Balaban J connectivity index is 2.51. The fourth-order valence-corrected chi connectivity index (χ4v) is 2.49. The van der Waals surface area contributed by atoms with E-state index in [1.807, 2.05) is 0 Å². The van der Waals surface area contributed by atoms with Gasteiger partial charge in [-0.25, -0.2) is 0 Å². The van der Waals surface area contributed by atoms with Crippen molar-refractivity contribution in [3.63, 3.8) is 0 Å². The van der Waals surface area contributed by atoms with Gasteiger partial charge in [-0.05, 0) is 50.7 Å². The summed E-state index contributed by atoms with van der Waals surface area (Å²) < 4.78 is 1.15. The molecule has 0 radical (unpaired) electrons. The normalized spacial score (nSPS) is 14.8. The minimum Gasteiger partial charge on any atom is -0.317 e. The standard InChI is InChI=1S/C15H25BrN2/c1-5-17-10-12(2)13(3)18(4)11-14-7-6-8-15(16)9-14/h6-9,12-13,17H,5,10-11H2,1-4H3. The zero-order chi connectivity index (χ0) is 13.5. The van der Waals surface area contributed by atoms with Gasteiger partial charge in [-0.3, -0.25) is 4.90 Å². The fraction of sp³-hybridized carbons (Fsp3) is 0.600. The zero-order valence-corrected chi connectivity index (χ0v) is 13.5. The van der Waals surface area contributed by atoms with Crippen LogP contribution in [0.15, 0.2) is 28.7 Å². The monoisotopic (exact) mass is 312 g/mol. The number of nitrogens with one attached hydrogen (secondary N) is 1. The average Bonchev–Trinajstić information content (AvgIpc) is 2.35. The molecule has 1 rings (SSSR count). The second-order valence-corrected chi connectivity index (χ2v) is 5.99. The lowest BCUT2D eigenvalue weighted by Gasteiger charge is -2.30. The van der Waals surface area contributed by atoms with E-state index in [4.69, 9.17) is 0 Å². The lowest BCUT2D eigenvalue weighted by molar-refractivity contribution is 0.189. The molecule has 0 bridgehead atoms. The summed E-state index contributed by atoms with van der Waals surface area (Å²) in [7, 11) is 2.20.